The fourth-order valence-electron chi connectivity index (χ4n) is 4.08. The van der Waals surface area contributed by atoms with Gasteiger partial charge < -0.3 is 9.80 Å². The molecule has 1 aromatic heterocycles. The van der Waals surface area contributed by atoms with Gasteiger partial charge in [0.05, 0.1) is 6.04 Å². The maximum absolute atomic E-state index is 13.5. The number of carbonyl (C=O) groups excluding carboxylic acids is 2. The maximum Gasteiger partial charge on any atom is 0.223 e. The molecule has 2 amide bonds. The van der Waals surface area contributed by atoms with E-state index in [4.69, 9.17) is 0 Å². The van der Waals surface area contributed by atoms with Crippen LogP contribution in [0.2, 0.25) is 0 Å². The number of amides is 2. The molecule has 0 N–H and O–H groups in total. The minimum atomic E-state index is -0.296. The average molecular weight is 437 g/mol. The Kier molecular flexibility index (Phi) is 6.47. The van der Waals surface area contributed by atoms with Crippen LogP contribution in [0.3, 0.4) is 0 Å². The monoisotopic (exact) mass is 436 g/mol. The van der Waals surface area contributed by atoms with E-state index in [0.717, 1.165) is 23.1 Å². The Morgan fingerprint density at radius 2 is 1.81 bits per heavy atom. The quantitative estimate of drug-likeness (QED) is 0.557. The van der Waals surface area contributed by atoms with E-state index in [1.165, 1.54) is 17.0 Å². The van der Waals surface area contributed by atoms with E-state index in [2.05, 4.69) is 0 Å². The summed E-state index contributed by atoms with van der Waals surface area (Å²) in [4.78, 5) is 30.5. The number of fused-ring (bicyclic) bond motifs is 1. The summed E-state index contributed by atoms with van der Waals surface area (Å²) in [6.45, 7) is 1.12. The molecule has 0 spiro atoms. The van der Waals surface area contributed by atoms with Crippen LogP contribution in [-0.4, -0.2) is 35.2 Å². The number of hydrogen-bond donors (Lipinski definition) is 0. The molecule has 31 heavy (non-hydrogen) atoms. The van der Waals surface area contributed by atoms with Gasteiger partial charge in [-0.15, -0.1) is 11.3 Å². The molecule has 0 bridgehead atoms. The number of nitrogens with zero attached hydrogens (tertiary/aromatic N) is 2. The first-order chi connectivity index (χ1) is 15.0. The van der Waals surface area contributed by atoms with Crippen molar-refractivity contribution in [2.45, 2.75) is 31.8 Å². The van der Waals surface area contributed by atoms with E-state index >= 15 is 0 Å². The predicted molar refractivity (Wildman–Crippen MR) is 120 cm³/mol. The summed E-state index contributed by atoms with van der Waals surface area (Å²) in [5.41, 5.74) is 3.05. The summed E-state index contributed by atoms with van der Waals surface area (Å²) in [5, 5.41) is 2.04. The van der Waals surface area contributed by atoms with Crippen molar-refractivity contribution in [2.24, 2.45) is 0 Å². The number of halogens is 1. The van der Waals surface area contributed by atoms with Crippen molar-refractivity contribution < 1.29 is 14.0 Å². The zero-order valence-corrected chi connectivity index (χ0v) is 18.3. The van der Waals surface area contributed by atoms with Gasteiger partial charge in [-0.05, 0) is 46.7 Å². The van der Waals surface area contributed by atoms with Crippen LogP contribution in [0.25, 0.3) is 0 Å². The standard InChI is InChI=1S/C25H25FN2O2S/c1-27(17-18-5-3-2-4-6-18)23(29)11-12-24(30)28-15-13-22-21(14-16-31-22)25(28)19-7-9-20(26)10-8-19/h2-10,14,16,25H,11-13,15,17H2,1H3. The molecule has 0 radical (unpaired) electrons. The Morgan fingerprint density at radius 1 is 1.06 bits per heavy atom. The van der Waals surface area contributed by atoms with Crippen molar-refractivity contribution in [1.82, 2.24) is 9.80 Å². The fourth-order valence-corrected chi connectivity index (χ4v) is 4.99. The van der Waals surface area contributed by atoms with Gasteiger partial charge in [0.1, 0.15) is 5.82 Å². The van der Waals surface area contributed by atoms with Gasteiger partial charge in [-0.25, -0.2) is 4.39 Å². The van der Waals surface area contributed by atoms with Crippen LogP contribution in [0.15, 0.2) is 66.0 Å². The first kappa shape index (κ1) is 21.2. The molecule has 4 rings (SSSR count). The fraction of sp³-hybridized carbons (Fsp3) is 0.280. The molecule has 3 aromatic rings. The van der Waals surface area contributed by atoms with E-state index in [1.807, 2.05) is 46.7 Å². The van der Waals surface area contributed by atoms with Crippen molar-refractivity contribution >= 4 is 23.2 Å². The largest absolute Gasteiger partial charge is 0.341 e. The topological polar surface area (TPSA) is 40.6 Å². The van der Waals surface area contributed by atoms with Gasteiger partial charge in [0.25, 0.3) is 0 Å². The summed E-state index contributed by atoms with van der Waals surface area (Å²) < 4.78 is 13.5. The first-order valence-electron chi connectivity index (χ1n) is 10.4. The molecular weight excluding hydrogens is 411 g/mol. The number of carbonyl (C=O) groups is 2. The molecule has 0 saturated carbocycles. The van der Waals surface area contributed by atoms with Gasteiger partial charge in [-0.3, -0.25) is 9.59 Å². The molecule has 1 aliphatic rings. The van der Waals surface area contributed by atoms with Crippen LogP contribution in [-0.2, 0) is 22.6 Å². The van der Waals surface area contributed by atoms with Gasteiger partial charge in [-0.2, -0.15) is 0 Å². The second-order valence-corrected chi connectivity index (χ2v) is 8.83. The summed E-state index contributed by atoms with van der Waals surface area (Å²) >= 11 is 1.69. The highest BCUT2D eigenvalue weighted by Gasteiger charge is 2.32. The van der Waals surface area contributed by atoms with E-state index < -0.39 is 0 Å². The van der Waals surface area contributed by atoms with Crippen molar-refractivity contribution in [3.05, 3.63) is 93.4 Å². The van der Waals surface area contributed by atoms with E-state index in [1.54, 1.807) is 35.4 Å². The number of thiophene rings is 1. The third-order valence-corrected chi connectivity index (χ3v) is 6.71. The molecule has 6 heteroatoms. The minimum absolute atomic E-state index is 0.0485. The van der Waals surface area contributed by atoms with Crippen LogP contribution in [0.4, 0.5) is 4.39 Å². The third kappa shape index (κ3) is 4.85. The lowest BCUT2D eigenvalue weighted by atomic mass is 9.93. The minimum Gasteiger partial charge on any atom is -0.341 e. The van der Waals surface area contributed by atoms with Gasteiger partial charge in [-0.1, -0.05) is 42.5 Å². The van der Waals surface area contributed by atoms with E-state index in [0.29, 0.717) is 13.1 Å². The molecule has 1 aliphatic heterocycles. The second kappa shape index (κ2) is 9.43. The molecule has 1 atom stereocenters. The molecule has 0 aliphatic carbocycles. The van der Waals surface area contributed by atoms with Crippen LogP contribution in [0, 0.1) is 5.82 Å². The average Bonchev–Trinajstić information content (AvgIpc) is 3.27. The lowest BCUT2D eigenvalue weighted by molar-refractivity contribution is -0.137. The maximum atomic E-state index is 13.5. The Hall–Kier alpha value is -2.99. The number of hydrogen-bond acceptors (Lipinski definition) is 3. The number of benzene rings is 2. The molecule has 160 valence electrons. The molecule has 4 nitrogen and oxygen atoms in total. The Morgan fingerprint density at radius 3 is 2.55 bits per heavy atom. The highest BCUT2D eigenvalue weighted by molar-refractivity contribution is 7.10. The molecule has 0 fully saturated rings. The summed E-state index contributed by atoms with van der Waals surface area (Å²) in [7, 11) is 1.76. The van der Waals surface area contributed by atoms with Crippen molar-refractivity contribution in [3.8, 4) is 0 Å². The van der Waals surface area contributed by atoms with Crippen molar-refractivity contribution in [3.63, 3.8) is 0 Å². The zero-order chi connectivity index (χ0) is 21.8. The van der Waals surface area contributed by atoms with Crippen molar-refractivity contribution in [2.75, 3.05) is 13.6 Å². The first-order valence-corrected chi connectivity index (χ1v) is 11.3. The zero-order valence-electron chi connectivity index (χ0n) is 17.5. The van der Waals surface area contributed by atoms with Crippen LogP contribution >= 0.6 is 11.3 Å². The smallest absolute Gasteiger partial charge is 0.223 e. The molecular formula is C25H25FN2O2S. The normalized spacial score (nSPS) is 15.4. The highest BCUT2D eigenvalue weighted by atomic mass is 32.1. The molecule has 0 saturated heterocycles. The summed E-state index contributed by atoms with van der Waals surface area (Å²) in [6.07, 6.45) is 1.14. The van der Waals surface area contributed by atoms with Crippen LogP contribution in [0.5, 0.6) is 0 Å². The lowest BCUT2D eigenvalue weighted by Crippen LogP contribution is -2.40. The highest BCUT2D eigenvalue weighted by Crippen LogP contribution is 2.38. The predicted octanol–water partition coefficient (Wildman–Crippen LogP) is 4.80. The summed E-state index contributed by atoms with van der Waals surface area (Å²) in [5.74, 6) is -0.397. The number of rotatable bonds is 6. The van der Waals surface area contributed by atoms with Gasteiger partial charge >= 0.3 is 0 Å². The Labute approximate surface area is 185 Å². The summed E-state index contributed by atoms with van der Waals surface area (Å²) in [6, 6.07) is 18.0. The van der Waals surface area contributed by atoms with Crippen molar-refractivity contribution in [1.29, 1.82) is 0 Å². The van der Waals surface area contributed by atoms with Crippen LogP contribution in [0.1, 0.15) is 40.5 Å². The molecule has 2 aromatic carbocycles. The lowest BCUT2D eigenvalue weighted by Gasteiger charge is -2.36. The van der Waals surface area contributed by atoms with E-state index in [-0.39, 0.29) is 36.5 Å². The SMILES string of the molecule is CN(Cc1ccccc1)C(=O)CCC(=O)N1CCc2sccc2C1c1ccc(F)cc1. The van der Waals surface area contributed by atoms with Gasteiger partial charge in [0.2, 0.25) is 11.8 Å². The Balaban J connectivity index is 1.44. The van der Waals surface area contributed by atoms with Gasteiger partial charge in [0.15, 0.2) is 0 Å². The van der Waals surface area contributed by atoms with E-state index in [9.17, 15) is 14.0 Å². The Bertz CT molecular complexity index is 1050. The third-order valence-electron chi connectivity index (χ3n) is 5.71. The second-order valence-electron chi connectivity index (χ2n) is 7.83. The molecule has 2 heterocycles. The van der Waals surface area contributed by atoms with Crippen LogP contribution < -0.4 is 0 Å². The van der Waals surface area contributed by atoms with Gasteiger partial charge in [0, 0.05) is 37.9 Å². The molecule has 1 unspecified atom stereocenters.